The molecule has 2 aliphatic rings. The molecule has 3 aromatic rings. The van der Waals surface area contributed by atoms with Gasteiger partial charge >= 0.3 is 0 Å². The number of anilines is 2. The summed E-state index contributed by atoms with van der Waals surface area (Å²) in [5.74, 6) is 0.530. The minimum absolute atomic E-state index is 0.0241. The molecule has 0 aromatic heterocycles. The molecule has 0 saturated heterocycles. The van der Waals surface area contributed by atoms with E-state index in [1.807, 2.05) is 18.2 Å². The lowest BCUT2D eigenvalue weighted by molar-refractivity contribution is -0.384. The van der Waals surface area contributed by atoms with Crippen molar-refractivity contribution in [1.82, 2.24) is 0 Å². The Bertz CT molecular complexity index is 1410. The Kier molecular flexibility index (Phi) is 5.84. The Hall–Kier alpha value is -3.65. The fourth-order valence-corrected chi connectivity index (χ4v) is 6.15. The van der Waals surface area contributed by atoms with Gasteiger partial charge in [0.15, 0.2) is 0 Å². The molecule has 0 bridgehead atoms. The van der Waals surface area contributed by atoms with E-state index in [9.17, 15) is 18.5 Å². The van der Waals surface area contributed by atoms with E-state index < -0.39 is 10.0 Å². The van der Waals surface area contributed by atoms with Gasteiger partial charge in [0.05, 0.1) is 15.9 Å². The fraction of sp³-hybridized carbons (Fsp3) is 0.259. The van der Waals surface area contributed by atoms with Crippen LogP contribution in [0.2, 0.25) is 0 Å². The Morgan fingerprint density at radius 3 is 2.54 bits per heavy atom. The molecule has 0 spiro atoms. The van der Waals surface area contributed by atoms with Crippen LogP contribution in [0, 0.1) is 16.0 Å². The summed E-state index contributed by atoms with van der Waals surface area (Å²) in [6, 6.07) is 19.2. The van der Waals surface area contributed by atoms with E-state index in [0.717, 1.165) is 28.8 Å². The molecule has 3 aromatic carbocycles. The number of fused-ring (bicyclic) bond motifs is 3. The standard InChI is InChI=1S/C27H27N3O4S/c1-17(2)18-9-11-20(12-10-18)29-35(33,34)22-13-14-26-25(16-22)23-7-4-8-24(23)27(28-26)19-5-3-6-21(15-19)30(31)32/h3-7,9-17,23-24,27-29H,8H2,1-2H3/t23-,24+,27+/m0/s1. The van der Waals surface area contributed by atoms with Gasteiger partial charge in [-0.15, -0.1) is 0 Å². The molecular weight excluding hydrogens is 462 g/mol. The van der Waals surface area contributed by atoms with Gasteiger partial charge in [-0.1, -0.05) is 50.3 Å². The van der Waals surface area contributed by atoms with Crippen LogP contribution in [-0.4, -0.2) is 13.3 Å². The van der Waals surface area contributed by atoms with Gasteiger partial charge in [0.2, 0.25) is 0 Å². The minimum Gasteiger partial charge on any atom is -0.378 e. The number of hydrogen-bond acceptors (Lipinski definition) is 5. The third kappa shape index (κ3) is 4.41. The fourth-order valence-electron chi connectivity index (χ4n) is 5.05. The van der Waals surface area contributed by atoms with Crippen LogP contribution in [0.1, 0.15) is 54.8 Å². The second-order valence-corrected chi connectivity index (χ2v) is 11.1. The van der Waals surface area contributed by atoms with Crippen molar-refractivity contribution in [3.05, 3.63) is 106 Å². The molecule has 5 rings (SSSR count). The molecule has 1 aliphatic carbocycles. The average Bonchev–Trinajstić information content (AvgIpc) is 3.34. The van der Waals surface area contributed by atoms with E-state index in [-0.39, 0.29) is 33.4 Å². The Labute approximate surface area is 205 Å². The predicted octanol–water partition coefficient (Wildman–Crippen LogP) is 6.35. The number of non-ortho nitro benzene ring substituents is 1. The summed E-state index contributed by atoms with van der Waals surface area (Å²) in [5, 5.41) is 14.8. The first-order valence-corrected chi connectivity index (χ1v) is 13.2. The highest BCUT2D eigenvalue weighted by molar-refractivity contribution is 7.92. The lowest BCUT2D eigenvalue weighted by Crippen LogP contribution is -2.29. The number of rotatable bonds is 6. The molecule has 8 heteroatoms. The van der Waals surface area contributed by atoms with Crippen LogP contribution in [-0.2, 0) is 10.0 Å². The third-order valence-corrected chi connectivity index (χ3v) is 8.29. The summed E-state index contributed by atoms with van der Waals surface area (Å²) in [6.45, 7) is 4.18. The zero-order chi connectivity index (χ0) is 24.7. The second kappa shape index (κ2) is 8.85. The van der Waals surface area contributed by atoms with Gasteiger partial charge in [-0.25, -0.2) is 8.42 Å². The molecule has 0 saturated carbocycles. The van der Waals surface area contributed by atoms with Gasteiger partial charge in [-0.05, 0) is 65.3 Å². The Morgan fingerprint density at radius 1 is 1.06 bits per heavy atom. The lowest BCUT2D eigenvalue weighted by atomic mass is 9.77. The lowest BCUT2D eigenvalue weighted by Gasteiger charge is -2.37. The zero-order valence-electron chi connectivity index (χ0n) is 19.5. The number of nitro groups is 1. The van der Waals surface area contributed by atoms with Crippen LogP contribution in [0.15, 0.2) is 83.8 Å². The van der Waals surface area contributed by atoms with Crippen molar-refractivity contribution in [2.45, 2.75) is 43.0 Å². The SMILES string of the molecule is CC(C)c1ccc(NS(=O)(=O)c2ccc3c(c2)[C@H]2C=CC[C@H]2[C@@H](c2cccc([N+](=O)[O-])c2)N3)cc1. The molecule has 3 atom stereocenters. The van der Waals surface area contributed by atoms with E-state index in [2.05, 4.69) is 36.0 Å². The summed E-state index contributed by atoms with van der Waals surface area (Å²) >= 11 is 0. The topological polar surface area (TPSA) is 101 Å². The van der Waals surface area contributed by atoms with Gasteiger partial charge in [0, 0.05) is 29.4 Å². The smallest absolute Gasteiger partial charge is 0.269 e. The average molecular weight is 490 g/mol. The number of sulfonamides is 1. The maximum atomic E-state index is 13.2. The van der Waals surface area contributed by atoms with Crippen LogP contribution in [0.5, 0.6) is 0 Å². The molecule has 35 heavy (non-hydrogen) atoms. The van der Waals surface area contributed by atoms with Crippen molar-refractivity contribution in [2.75, 3.05) is 10.0 Å². The molecule has 7 nitrogen and oxygen atoms in total. The van der Waals surface area contributed by atoms with Crippen LogP contribution in [0.4, 0.5) is 17.1 Å². The number of benzene rings is 3. The van der Waals surface area contributed by atoms with Crippen molar-refractivity contribution < 1.29 is 13.3 Å². The van der Waals surface area contributed by atoms with Crippen LogP contribution in [0.25, 0.3) is 0 Å². The zero-order valence-corrected chi connectivity index (χ0v) is 20.3. The van der Waals surface area contributed by atoms with E-state index in [1.165, 1.54) is 6.07 Å². The van der Waals surface area contributed by atoms with Gasteiger partial charge < -0.3 is 5.32 Å². The van der Waals surface area contributed by atoms with E-state index in [1.54, 1.807) is 42.5 Å². The van der Waals surface area contributed by atoms with Gasteiger partial charge in [-0.3, -0.25) is 14.8 Å². The monoisotopic (exact) mass is 489 g/mol. The number of nitro benzene ring substituents is 1. The van der Waals surface area contributed by atoms with E-state index in [4.69, 9.17) is 0 Å². The normalized spacial score (nSPS) is 20.7. The molecule has 180 valence electrons. The molecule has 0 unspecified atom stereocenters. The summed E-state index contributed by atoms with van der Waals surface area (Å²) < 4.78 is 29.0. The second-order valence-electron chi connectivity index (χ2n) is 9.46. The van der Waals surface area contributed by atoms with Crippen molar-refractivity contribution in [1.29, 1.82) is 0 Å². The highest BCUT2D eigenvalue weighted by atomic mass is 32.2. The van der Waals surface area contributed by atoms with Crippen molar-refractivity contribution >= 4 is 27.1 Å². The molecular formula is C27H27N3O4S. The molecule has 1 aliphatic heterocycles. The molecule has 0 amide bonds. The third-order valence-electron chi connectivity index (χ3n) is 6.91. The largest absolute Gasteiger partial charge is 0.378 e. The quantitative estimate of drug-likeness (QED) is 0.239. The number of allylic oxidation sites excluding steroid dienone is 2. The Morgan fingerprint density at radius 2 is 1.83 bits per heavy atom. The summed E-state index contributed by atoms with van der Waals surface area (Å²) in [7, 11) is -3.77. The van der Waals surface area contributed by atoms with E-state index >= 15 is 0 Å². The molecule has 2 N–H and O–H groups in total. The first-order chi connectivity index (χ1) is 16.7. The molecule has 0 fully saturated rings. The maximum Gasteiger partial charge on any atom is 0.269 e. The summed E-state index contributed by atoms with van der Waals surface area (Å²) in [5.41, 5.74) is 4.34. The van der Waals surface area contributed by atoms with Gasteiger partial charge in [-0.2, -0.15) is 0 Å². The van der Waals surface area contributed by atoms with Gasteiger partial charge in [0.1, 0.15) is 0 Å². The van der Waals surface area contributed by atoms with Crippen LogP contribution >= 0.6 is 0 Å². The summed E-state index contributed by atoms with van der Waals surface area (Å²) in [4.78, 5) is 11.1. The highest BCUT2D eigenvalue weighted by Gasteiger charge is 2.38. The van der Waals surface area contributed by atoms with Crippen molar-refractivity contribution in [3.63, 3.8) is 0 Å². The molecule has 1 heterocycles. The predicted molar refractivity (Wildman–Crippen MR) is 137 cm³/mol. The highest BCUT2D eigenvalue weighted by Crippen LogP contribution is 2.50. The molecule has 0 radical (unpaired) electrons. The number of nitrogens with one attached hydrogen (secondary N) is 2. The first-order valence-electron chi connectivity index (χ1n) is 11.7. The number of hydrogen-bond donors (Lipinski definition) is 2. The minimum atomic E-state index is -3.77. The number of nitrogens with zero attached hydrogens (tertiary/aromatic N) is 1. The van der Waals surface area contributed by atoms with Crippen LogP contribution in [0.3, 0.4) is 0 Å². The Balaban J connectivity index is 1.45. The maximum absolute atomic E-state index is 13.2. The van der Waals surface area contributed by atoms with Crippen LogP contribution < -0.4 is 10.0 Å². The summed E-state index contributed by atoms with van der Waals surface area (Å²) in [6.07, 6.45) is 5.03. The van der Waals surface area contributed by atoms with Gasteiger partial charge in [0.25, 0.3) is 15.7 Å². The van der Waals surface area contributed by atoms with Crippen molar-refractivity contribution in [3.8, 4) is 0 Å². The first kappa shape index (κ1) is 23.1. The van der Waals surface area contributed by atoms with Crippen molar-refractivity contribution in [2.24, 2.45) is 5.92 Å². The van der Waals surface area contributed by atoms with E-state index in [0.29, 0.717) is 11.6 Å².